The van der Waals surface area contributed by atoms with Crippen LogP contribution in [0.1, 0.15) is 98.7 Å². The van der Waals surface area contributed by atoms with Crippen molar-refractivity contribution < 1.29 is 23.9 Å². The number of carbonyl (C=O) groups excluding carboxylic acids is 3. The smallest absolute Gasteiger partial charge is 0.408 e. The molecule has 8 nitrogen and oxygen atoms in total. The highest BCUT2D eigenvalue weighted by Crippen LogP contribution is 2.30. The van der Waals surface area contributed by atoms with Gasteiger partial charge in [-0.15, -0.1) is 0 Å². The lowest BCUT2D eigenvalue weighted by atomic mass is 9.94. The average Bonchev–Trinajstić information content (AvgIpc) is 2.93. The lowest BCUT2D eigenvalue weighted by molar-refractivity contribution is -0.144. The number of hydrogen-bond donors (Lipinski definition) is 2. The first-order valence-corrected chi connectivity index (χ1v) is 15.5. The van der Waals surface area contributed by atoms with Gasteiger partial charge in [0.1, 0.15) is 23.4 Å². The van der Waals surface area contributed by atoms with Crippen LogP contribution >= 0.6 is 0 Å². The zero-order valence-corrected chi connectivity index (χ0v) is 27.8. The molecule has 43 heavy (non-hydrogen) atoms. The van der Waals surface area contributed by atoms with E-state index in [1.54, 1.807) is 57.0 Å². The van der Waals surface area contributed by atoms with Gasteiger partial charge in [0, 0.05) is 11.7 Å². The molecule has 2 rings (SSSR count). The van der Waals surface area contributed by atoms with E-state index in [1.165, 1.54) is 0 Å². The van der Waals surface area contributed by atoms with Crippen molar-refractivity contribution in [2.75, 3.05) is 12.4 Å². The van der Waals surface area contributed by atoms with Crippen LogP contribution in [0.25, 0.3) is 0 Å². The molecule has 0 heterocycles. The van der Waals surface area contributed by atoms with Gasteiger partial charge in [0.05, 0.1) is 7.11 Å². The standard InChI is InChI=1S/C35H53N3O5/c1-11-26-14-16-27(17-15-26)31(32(39)36-28-18-20-29(42-10)21-19-28)38(25(6)13-12-23(2)3)33(40)30(22-24(4)5)37-34(41)43-35(7,8)9/h14-21,23-25,30-31H,11-13,22H2,1-10H3,(H,36,39)(H,37,41). The monoisotopic (exact) mass is 595 g/mol. The third-order valence-corrected chi connectivity index (χ3v) is 7.18. The van der Waals surface area contributed by atoms with Gasteiger partial charge in [0.2, 0.25) is 5.91 Å². The number of anilines is 1. The van der Waals surface area contributed by atoms with Gasteiger partial charge < -0.3 is 25.0 Å². The Morgan fingerprint density at radius 2 is 1.47 bits per heavy atom. The van der Waals surface area contributed by atoms with Crippen LogP contribution < -0.4 is 15.4 Å². The topological polar surface area (TPSA) is 97.0 Å². The zero-order valence-electron chi connectivity index (χ0n) is 27.8. The number of ether oxygens (including phenoxy) is 2. The van der Waals surface area contributed by atoms with Gasteiger partial charge in [-0.2, -0.15) is 0 Å². The number of methoxy groups -OCH3 is 1. The van der Waals surface area contributed by atoms with Gasteiger partial charge in [-0.1, -0.05) is 58.9 Å². The van der Waals surface area contributed by atoms with Crippen molar-refractivity contribution in [1.29, 1.82) is 0 Å². The van der Waals surface area contributed by atoms with Crippen molar-refractivity contribution in [3.63, 3.8) is 0 Å². The van der Waals surface area contributed by atoms with Crippen LogP contribution in [-0.2, 0) is 20.7 Å². The van der Waals surface area contributed by atoms with Crippen LogP contribution in [0.3, 0.4) is 0 Å². The number of carbonyl (C=O) groups is 3. The van der Waals surface area contributed by atoms with Gasteiger partial charge in [-0.05, 0) is 101 Å². The van der Waals surface area contributed by atoms with Gasteiger partial charge in [0.15, 0.2) is 0 Å². The minimum atomic E-state index is -0.933. The molecule has 0 fully saturated rings. The van der Waals surface area contributed by atoms with Crippen LogP contribution in [-0.4, -0.2) is 47.6 Å². The molecule has 3 amide bonds. The number of rotatable bonds is 14. The number of alkyl carbamates (subject to hydrolysis) is 1. The van der Waals surface area contributed by atoms with Crippen LogP contribution in [0.15, 0.2) is 48.5 Å². The molecule has 2 aromatic carbocycles. The maximum absolute atomic E-state index is 14.6. The Morgan fingerprint density at radius 3 is 1.95 bits per heavy atom. The Hall–Kier alpha value is -3.55. The van der Waals surface area contributed by atoms with Crippen LogP contribution in [0, 0.1) is 11.8 Å². The summed E-state index contributed by atoms with van der Waals surface area (Å²) in [7, 11) is 1.59. The third-order valence-electron chi connectivity index (χ3n) is 7.18. The highest BCUT2D eigenvalue weighted by Gasteiger charge is 2.39. The van der Waals surface area contributed by atoms with E-state index in [0.29, 0.717) is 35.8 Å². The highest BCUT2D eigenvalue weighted by molar-refractivity contribution is 5.99. The van der Waals surface area contributed by atoms with Crippen LogP contribution in [0.5, 0.6) is 5.75 Å². The molecule has 0 bridgehead atoms. The molecule has 8 heteroatoms. The minimum absolute atomic E-state index is 0.104. The molecule has 0 saturated carbocycles. The van der Waals surface area contributed by atoms with Crippen molar-refractivity contribution in [2.24, 2.45) is 11.8 Å². The Bertz CT molecular complexity index is 1170. The van der Waals surface area contributed by atoms with Gasteiger partial charge in [0.25, 0.3) is 5.91 Å². The molecule has 0 aliphatic heterocycles. The summed E-state index contributed by atoms with van der Waals surface area (Å²) in [6.45, 7) is 17.7. The number of nitrogens with one attached hydrogen (secondary N) is 2. The molecule has 0 saturated heterocycles. The van der Waals surface area contributed by atoms with E-state index in [9.17, 15) is 14.4 Å². The predicted octanol–water partition coefficient (Wildman–Crippen LogP) is 7.53. The van der Waals surface area contributed by atoms with E-state index < -0.39 is 23.8 Å². The summed E-state index contributed by atoms with van der Waals surface area (Å²) in [6.07, 6.45) is 2.16. The van der Waals surface area contributed by atoms with Gasteiger partial charge >= 0.3 is 6.09 Å². The molecule has 2 aromatic rings. The third kappa shape index (κ3) is 11.6. The second-order valence-electron chi connectivity index (χ2n) is 13.1. The fourth-order valence-electron chi connectivity index (χ4n) is 4.89. The number of aryl methyl sites for hydroxylation is 1. The number of nitrogens with zero attached hydrogens (tertiary/aromatic N) is 1. The average molecular weight is 596 g/mol. The predicted molar refractivity (Wildman–Crippen MR) is 173 cm³/mol. The first-order valence-electron chi connectivity index (χ1n) is 15.5. The van der Waals surface area contributed by atoms with Crippen molar-refractivity contribution in [1.82, 2.24) is 10.2 Å². The molecular weight excluding hydrogens is 542 g/mol. The number of benzene rings is 2. The fourth-order valence-corrected chi connectivity index (χ4v) is 4.89. The Labute approximate surface area is 258 Å². The molecular formula is C35H53N3O5. The summed E-state index contributed by atoms with van der Waals surface area (Å²) in [5.41, 5.74) is 1.71. The van der Waals surface area contributed by atoms with Crippen LogP contribution in [0.2, 0.25) is 0 Å². The normalized spacial score (nSPS) is 13.7. The summed E-state index contributed by atoms with van der Waals surface area (Å²) < 4.78 is 10.8. The molecule has 0 aliphatic carbocycles. The molecule has 3 atom stereocenters. The second kappa shape index (κ2) is 16.3. The molecule has 0 aromatic heterocycles. The summed E-state index contributed by atoms with van der Waals surface area (Å²) in [6, 6.07) is 12.8. The summed E-state index contributed by atoms with van der Waals surface area (Å²) >= 11 is 0. The minimum Gasteiger partial charge on any atom is -0.497 e. The number of amides is 3. The zero-order chi connectivity index (χ0) is 32.3. The second-order valence-corrected chi connectivity index (χ2v) is 13.1. The van der Waals surface area contributed by atoms with E-state index in [4.69, 9.17) is 9.47 Å². The molecule has 238 valence electrons. The Balaban J connectivity index is 2.63. The Morgan fingerprint density at radius 1 is 0.860 bits per heavy atom. The largest absolute Gasteiger partial charge is 0.497 e. The quantitative estimate of drug-likeness (QED) is 0.235. The van der Waals surface area contributed by atoms with Gasteiger partial charge in [-0.3, -0.25) is 9.59 Å². The first-order chi connectivity index (χ1) is 20.1. The van der Waals surface area contributed by atoms with E-state index in [1.807, 2.05) is 45.0 Å². The maximum atomic E-state index is 14.6. The summed E-state index contributed by atoms with van der Waals surface area (Å²) in [5, 5.41) is 5.86. The molecule has 0 aliphatic rings. The van der Waals surface area contributed by atoms with Crippen molar-refractivity contribution in [2.45, 2.75) is 112 Å². The lowest BCUT2D eigenvalue weighted by Crippen LogP contribution is -2.55. The molecule has 3 unspecified atom stereocenters. The Kier molecular flexibility index (Phi) is 13.5. The maximum Gasteiger partial charge on any atom is 0.408 e. The number of hydrogen-bond acceptors (Lipinski definition) is 5. The lowest BCUT2D eigenvalue weighted by Gasteiger charge is -2.39. The van der Waals surface area contributed by atoms with Crippen molar-refractivity contribution >= 4 is 23.6 Å². The van der Waals surface area contributed by atoms with Crippen molar-refractivity contribution in [3.8, 4) is 5.75 Å². The first kappa shape index (κ1) is 35.6. The molecule has 0 radical (unpaired) electrons. The van der Waals surface area contributed by atoms with Gasteiger partial charge in [-0.25, -0.2) is 4.79 Å². The highest BCUT2D eigenvalue weighted by atomic mass is 16.6. The van der Waals surface area contributed by atoms with Crippen molar-refractivity contribution in [3.05, 3.63) is 59.7 Å². The van der Waals surface area contributed by atoms with E-state index in [-0.39, 0.29) is 23.8 Å². The summed E-state index contributed by atoms with van der Waals surface area (Å²) in [5.74, 6) is 0.548. The van der Waals surface area contributed by atoms with E-state index in [0.717, 1.165) is 18.4 Å². The van der Waals surface area contributed by atoms with E-state index >= 15 is 0 Å². The molecule has 2 N–H and O–H groups in total. The molecule has 0 spiro atoms. The summed E-state index contributed by atoms with van der Waals surface area (Å²) in [4.78, 5) is 43.4. The van der Waals surface area contributed by atoms with E-state index in [2.05, 4.69) is 31.4 Å². The van der Waals surface area contributed by atoms with Crippen LogP contribution in [0.4, 0.5) is 10.5 Å². The SMILES string of the molecule is CCc1ccc(C(C(=O)Nc2ccc(OC)cc2)N(C(=O)C(CC(C)C)NC(=O)OC(C)(C)C)C(C)CCC(C)C)cc1. The fraction of sp³-hybridized carbons (Fsp3) is 0.571.